The molecule has 0 amide bonds. The van der Waals surface area contributed by atoms with Crippen molar-refractivity contribution in [3.63, 3.8) is 0 Å². The van der Waals surface area contributed by atoms with Crippen LogP contribution >= 0.6 is 0 Å². The highest BCUT2D eigenvalue weighted by molar-refractivity contribution is 7.87. The molecule has 8 aromatic rings. The van der Waals surface area contributed by atoms with E-state index < -0.39 is 71.5 Å². The van der Waals surface area contributed by atoms with Crippen LogP contribution in [-0.2, 0) is 40.5 Å². The number of methoxy groups -OCH3 is 1. The lowest BCUT2D eigenvalue weighted by atomic mass is 10.1. The average Bonchev–Trinajstić information content (AvgIpc) is 3.73. The van der Waals surface area contributed by atoms with Gasteiger partial charge in [-0.15, -0.1) is 20.4 Å². The Morgan fingerprint density at radius 2 is 1.00 bits per heavy atom. The highest BCUT2D eigenvalue weighted by Crippen LogP contribution is 2.43. The molecular formula is C43H35N9O14S4. The number of ether oxygens (including phenoxy) is 1. The number of hydrogen-bond donors (Lipinski definition) is 5. The first-order valence-electron chi connectivity index (χ1n) is 19.9. The number of nitrogens with zero attached hydrogens (tertiary/aromatic N) is 9. The van der Waals surface area contributed by atoms with Gasteiger partial charge >= 0.3 is 0 Å². The third-order valence-electron chi connectivity index (χ3n) is 10.8. The summed E-state index contributed by atoms with van der Waals surface area (Å²) in [4.78, 5) is -1.88. The lowest BCUT2D eigenvalue weighted by Gasteiger charge is -2.10. The number of rotatable bonds is 12. The summed E-state index contributed by atoms with van der Waals surface area (Å²) in [6.07, 6.45) is 0. The van der Waals surface area contributed by atoms with Crippen LogP contribution in [0.2, 0.25) is 0 Å². The predicted molar refractivity (Wildman–Crippen MR) is 252 cm³/mol. The van der Waals surface area contributed by atoms with E-state index in [0.717, 1.165) is 23.0 Å². The van der Waals surface area contributed by atoms with Gasteiger partial charge in [0.2, 0.25) is 0 Å². The van der Waals surface area contributed by atoms with Crippen LogP contribution in [-0.4, -0.2) is 79.1 Å². The predicted octanol–water partition coefficient (Wildman–Crippen LogP) is 9.91. The molecule has 0 spiro atoms. The van der Waals surface area contributed by atoms with Gasteiger partial charge in [0.05, 0.1) is 40.4 Å². The molecule has 0 aliphatic rings. The molecule has 0 fully saturated rings. The van der Waals surface area contributed by atoms with Gasteiger partial charge in [-0.1, -0.05) is 6.07 Å². The van der Waals surface area contributed by atoms with E-state index in [-0.39, 0.29) is 55.4 Å². The zero-order valence-electron chi connectivity index (χ0n) is 36.7. The van der Waals surface area contributed by atoms with E-state index in [0.29, 0.717) is 45.4 Å². The van der Waals surface area contributed by atoms with Crippen LogP contribution in [0.4, 0.5) is 34.1 Å². The minimum absolute atomic E-state index is 0.0438. The Labute approximate surface area is 397 Å². The van der Waals surface area contributed by atoms with Crippen molar-refractivity contribution in [2.45, 2.75) is 47.3 Å². The van der Waals surface area contributed by atoms with Gasteiger partial charge in [0, 0.05) is 22.2 Å². The van der Waals surface area contributed by atoms with Crippen LogP contribution in [0.5, 0.6) is 11.5 Å². The van der Waals surface area contributed by atoms with Crippen LogP contribution in [0.1, 0.15) is 22.3 Å². The number of aromatic nitrogens is 3. The van der Waals surface area contributed by atoms with E-state index in [4.69, 9.17) is 4.74 Å². The molecule has 8 rings (SSSR count). The van der Waals surface area contributed by atoms with Gasteiger partial charge in [0.25, 0.3) is 40.5 Å². The van der Waals surface area contributed by atoms with Crippen LogP contribution in [0.25, 0.3) is 38.3 Å². The second-order valence-corrected chi connectivity index (χ2v) is 21.2. The van der Waals surface area contributed by atoms with Crippen LogP contribution in [0, 0.1) is 27.7 Å². The second-order valence-electron chi connectivity index (χ2n) is 15.6. The molecule has 23 nitrogen and oxygen atoms in total. The number of phenols is 1. The summed E-state index contributed by atoms with van der Waals surface area (Å²) >= 11 is 0. The van der Waals surface area contributed by atoms with Crippen molar-refractivity contribution < 1.29 is 61.7 Å². The number of benzene rings is 7. The van der Waals surface area contributed by atoms with Crippen LogP contribution < -0.4 is 4.74 Å². The van der Waals surface area contributed by atoms with Crippen LogP contribution in [0.3, 0.4) is 0 Å². The molecule has 0 saturated carbocycles. The molecule has 0 aliphatic carbocycles. The van der Waals surface area contributed by atoms with Crippen molar-refractivity contribution in [1.29, 1.82) is 0 Å². The molecule has 0 aliphatic heterocycles. The fourth-order valence-corrected chi connectivity index (χ4v) is 9.86. The minimum atomic E-state index is -5.06. The van der Waals surface area contributed by atoms with Crippen LogP contribution in [0.15, 0.2) is 141 Å². The molecule has 70 heavy (non-hydrogen) atoms. The maximum atomic E-state index is 12.8. The SMILES string of the molecule is COc1ccc(N=Nc2cc(C)c(N=Nc3cc(C)c(N=Nc4c(S(=O)(=O)O)cc5cc(-n6nc7ccc8c(S(=O)(=O)O)cc(S(=O)(=O)O)cc8c7n6)ccc5c4O)cc3C)cc2C)c(S(=O)(=O)O)c1. The van der Waals surface area contributed by atoms with Gasteiger partial charge in [-0.3, -0.25) is 18.2 Å². The smallest absolute Gasteiger partial charge is 0.296 e. The molecule has 1 heterocycles. The van der Waals surface area contributed by atoms with Gasteiger partial charge in [0.15, 0.2) is 5.75 Å². The molecule has 1 aromatic heterocycles. The van der Waals surface area contributed by atoms with E-state index in [1.54, 1.807) is 52.0 Å². The highest BCUT2D eigenvalue weighted by atomic mass is 32.2. The minimum Gasteiger partial charge on any atom is -0.505 e. The van der Waals surface area contributed by atoms with Gasteiger partial charge in [-0.2, -0.15) is 58.9 Å². The van der Waals surface area contributed by atoms with E-state index in [9.17, 15) is 57.0 Å². The first kappa shape index (κ1) is 48.9. The normalized spacial score (nSPS) is 13.0. The Balaban J connectivity index is 1.08. The lowest BCUT2D eigenvalue weighted by Crippen LogP contribution is -2.04. The molecule has 0 atom stereocenters. The lowest BCUT2D eigenvalue weighted by molar-refractivity contribution is 0.412. The maximum Gasteiger partial charge on any atom is 0.296 e. The zero-order valence-corrected chi connectivity index (χ0v) is 40.0. The quantitative estimate of drug-likeness (QED) is 0.0561. The Hall–Kier alpha value is -7.50. The molecular weight excluding hydrogens is 995 g/mol. The number of aromatic hydroxyl groups is 1. The first-order valence-corrected chi connectivity index (χ1v) is 25.7. The zero-order chi connectivity index (χ0) is 50.8. The van der Waals surface area contributed by atoms with Crippen molar-refractivity contribution in [2.75, 3.05) is 7.11 Å². The Morgan fingerprint density at radius 1 is 0.486 bits per heavy atom. The number of hydrogen-bond acceptors (Lipinski definition) is 18. The summed E-state index contributed by atoms with van der Waals surface area (Å²) in [6.45, 7) is 6.90. The van der Waals surface area contributed by atoms with Crippen molar-refractivity contribution in [3.8, 4) is 17.2 Å². The largest absolute Gasteiger partial charge is 0.505 e. The molecule has 0 unspecified atom stereocenters. The van der Waals surface area contributed by atoms with Gasteiger partial charge in [-0.25, -0.2) is 0 Å². The van der Waals surface area contributed by atoms with Crippen molar-refractivity contribution in [1.82, 2.24) is 15.0 Å². The van der Waals surface area contributed by atoms with E-state index in [1.165, 1.54) is 49.6 Å². The molecule has 27 heteroatoms. The average molecular weight is 1030 g/mol. The highest BCUT2D eigenvalue weighted by Gasteiger charge is 2.25. The fraction of sp³-hybridized carbons (Fsp3) is 0.116. The second kappa shape index (κ2) is 17.8. The summed E-state index contributed by atoms with van der Waals surface area (Å²) in [5.74, 6) is -0.468. The number of azo groups is 3. The number of phenolic OH excluding ortho intramolecular Hbond substituents is 1. The summed E-state index contributed by atoms with van der Waals surface area (Å²) in [7, 11) is -18.3. The standard InChI is InChI=1S/C43H35N9O14S4/c1-21-13-35(22(2)12-34(21)45-44-32-10-7-27(66-5)18-39(32)69(60,61)62)46-47-36-14-24(4)37(15-23(36)3)48-49-42-40(70(63,64)65)17-25-16-26(6-8-29(25)43(42)53)52-50-33-11-9-30-31(41(33)51-52)19-28(67(54,55)56)20-38(30)68(57,58)59/h6-20,53H,1-5H3,(H,54,55,56)(H,57,58,59)(H,60,61,62)(H,63,64,65). The summed E-state index contributed by atoms with van der Waals surface area (Å²) in [5, 5.41) is 45.4. The third kappa shape index (κ3) is 9.71. The van der Waals surface area contributed by atoms with Crippen molar-refractivity contribution >= 4 is 107 Å². The Bertz CT molecular complexity index is 4120. The topological polar surface area (TPSA) is 352 Å². The monoisotopic (exact) mass is 1030 g/mol. The molecule has 7 aromatic carbocycles. The molecule has 360 valence electrons. The summed E-state index contributed by atoms with van der Waals surface area (Å²) < 4.78 is 142. The first-order chi connectivity index (χ1) is 32.7. The fourth-order valence-electron chi connectivity index (χ4n) is 7.22. The third-order valence-corrected chi connectivity index (χ3v) is 14.3. The number of fused-ring (bicyclic) bond motifs is 4. The number of aryl methyl sites for hydroxylation is 4. The summed E-state index contributed by atoms with van der Waals surface area (Å²) in [6, 6.07) is 19.9. The molecule has 5 N–H and O–H groups in total. The maximum absolute atomic E-state index is 12.8. The van der Waals surface area contributed by atoms with Gasteiger partial charge in [0.1, 0.15) is 42.8 Å². The van der Waals surface area contributed by atoms with E-state index in [1.807, 2.05) is 0 Å². The Morgan fingerprint density at radius 3 is 1.51 bits per heavy atom. The Kier molecular flexibility index (Phi) is 12.4. The molecule has 0 radical (unpaired) electrons. The van der Waals surface area contributed by atoms with E-state index in [2.05, 4.69) is 40.9 Å². The van der Waals surface area contributed by atoms with Crippen molar-refractivity contribution in [3.05, 3.63) is 113 Å². The van der Waals surface area contributed by atoms with E-state index >= 15 is 0 Å². The summed E-state index contributed by atoms with van der Waals surface area (Å²) in [5.41, 5.74) is 3.47. The molecule has 0 saturated heterocycles. The van der Waals surface area contributed by atoms with Gasteiger partial charge < -0.3 is 9.84 Å². The molecule has 0 bridgehead atoms. The van der Waals surface area contributed by atoms with Crippen molar-refractivity contribution in [2.24, 2.45) is 30.7 Å². The van der Waals surface area contributed by atoms with Gasteiger partial charge in [-0.05, 0) is 134 Å².